The molecule has 6 heteroatoms. The maximum Gasteiger partial charge on any atom is 0.338 e. The standard InChI is InChI=1S/2C8H8O3/c2*9-4-6-5-2-1-3-7(5)11-8(6)10/h2*1-2,4-5,7,9H,3H2/b2*6-4+/t2*5-,7-/m10/s1. The Morgan fingerprint density at radius 2 is 1.27 bits per heavy atom. The number of hydrogen-bond donors (Lipinski definition) is 2. The molecule has 2 aliphatic heterocycles. The SMILES string of the molecule is O=C1O[C@@H]2CC=C[C@@H]2/C1=C\O.O=C1O[C@H]2CC=C[C@H]2/C1=C\O. The summed E-state index contributed by atoms with van der Waals surface area (Å²) in [5.41, 5.74) is 0.757. The third-order valence-corrected chi connectivity index (χ3v) is 4.21. The molecule has 0 unspecified atom stereocenters. The molecule has 0 saturated carbocycles. The number of ether oxygens (including phenoxy) is 2. The van der Waals surface area contributed by atoms with Crippen LogP contribution < -0.4 is 0 Å². The van der Waals surface area contributed by atoms with Crippen molar-refractivity contribution >= 4 is 11.9 Å². The van der Waals surface area contributed by atoms with Gasteiger partial charge in [-0.3, -0.25) is 0 Å². The second-order valence-electron chi connectivity index (χ2n) is 5.44. The van der Waals surface area contributed by atoms with Gasteiger partial charge in [0, 0.05) is 24.7 Å². The maximum atomic E-state index is 10.9. The van der Waals surface area contributed by atoms with Gasteiger partial charge in [0.05, 0.1) is 23.7 Å². The zero-order valence-electron chi connectivity index (χ0n) is 11.7. The van der Waals surface area contributed by atoms with E-state index in [-0.39, 0.29) is 36.0 Å². The second-order valence-corrected chi connectivity index (χ2v) is 5.44. The van der Waals surface area contributed by atoms with Crippen LogP contribution in [-0.4, -0.2) is 34.4 Å². The maximum absolute atomic E-state index is 10.9. The molecule has 4 aliphatic rings. The predicted molar refractivity (Wildman–Crippen MR) is 75.7 cm³/mol. The van der Waals surface area contributed by atoms with E-state index < -0.39 is 0 Å². The zero-order chi connectivity index (χ0) is 15.7. The summed E-state index contributed by atoms with van der Waals surface area (Å²) >= 11 is 0. The molecule has 2 N–H and O–H groups in total. The molecule has 0 aromatic carbocycles. The Labute approximate surface area is 127 Å². The van der Waals surface area contributed by atoms with Crippen LogP contribution in [0.4, 0.5) is 0 Å². The highest BCUT2D eigenvalue weighted by Gasteiger charge is 2.41. The van der Waals surface area contributed by atoms with Crippen molar-refractivity contribution < 1.29 is 29.3 Å². The summed E-state index contributed by atoms with van der Waals surface area (Å²) in [7, 11) is 0. The van der Waals surface area contributed by atoms with E-state index in [4.69, 9.17) is 19.7 Å². The lowest BCUT2D eigenvalue weighted by molar-refractivity contribution is -0.139. The number of fused-ring (bicyclic) bond motifs is 2. The van der Waals surface area contributed by atoms with Gasteiger partial charge in [-0.05, 0) is 0 Å². The Morgan fingerprint density at radius 3 is 1.64 bits per heavy atom. The van der Waals surface area contributed by atoms with E-state index in [1.54, 1.807) is 0 Å². The van der Waals surface area contributed by atoms with Crippen LogP contribution in [-0.2, 0) is 19.1 Å². The summed E-state index contributed by atoms with van der Waals surface area (Å²) in [4.78, 5) is 21.9. The minimum atomic E-state index is -0.383. The smallest absolute Gasteiger partial charge is 0.338 e. The van der Waals surface area contributed by atoms with Crippen molar-refractivity contribution in [2.45, 2.75) is 25.0 Å². The molecular weight excluding hydrogens is 288 g/mol. The number of aliphatic hydroxyl groups is 2. The first kappa shape index (κ1) is 14.4. The van der Waals surface area contributed by atoms with E-state index in [0.717, 1.165) is 25.4 Å². The average Bonchev–Trinajstić information content (AvgIpc) is 3.20. The van der Waals surface area contributed by atoms with Crippen LogP contribution in [0.2, 0.25) is 0 Å². The monoisotopic (exact) mass is 304 g/mol. The zero-order valence-corrected chi connectivity index (χ0v) is 11.7. The van der Waals surface area contributed by atoms with Gasteiger partial charge in [0.2, 0.25) is 0 Å². The van der Waals surface area contributed by atoms with E-state index in [2.05, 4.69) is 0 Å². The van der Waals surface area contributed by atoms with Crippen molar-refractivity contribution in [1.29, 1.82) is 0 Å². The second kappa shape index (κ2) is 5.71. The van der Waals surface area contributed by atoms with Gasteiger partial charge >= 0.3 is 11.9 Å². The Kier molecular flexibility index (Phi) is 3.75. The van der Waals surface area contributed by atoms with E-state index >= 15 is 0 Å². The molecule has 0 radical (unpaired) electrons. The highest BCUT2D eigenvalue weighted by Crippen LogP contribution is 2.35. The summed E-state index contributed by atoms with van der Waals surface area (Å²) in [6.07, 6.45) is 10.9. The van der Waals surface area contributed by atoms with Crippen molar-refractivity contribution in [3.8, 4) is 0 Å². The fourth-order valence-electron chi connectivity index (χ4n) is 3.07. The number of esters is 2. The molecule has 2 fully saturated rings. The third kappa shape index (κ3) is 2.30. The van der Waals surface area contributed by atoms with Gasteiger partial charge in [-0.2, -0.15) is 0 Å². The normalized spacial score (nSPS) is 37.8. The highest BCUT2D eigenvalue weighted by atomic mass is 16.6. The molecule has 6 nitrogen and oxygen atoms in total. The minimum Gasteiger partial charge on any atom is -0.515 e. The molecule has 0 amide bonds. The molecule has 4 atom stereocenters. The highest BCUT2D eigenvalue weighted by molar-refractivity contribution is 5.92. The molecule has 0 bridgehead atoms. The van der Waals surface area contributed by atoms with E-state index in [0.29, 0.717) is 11.1 Å². The minimum absolute atomic E-state index is 0.00694. The molecule has 0 spiro atoms. The quantitative estimate of drug-likeness (QED) is 0.307. The van der Waals surface area contributed by atoms with Gasteiger partial charge < -0.3 is 19.7 Å². The van der Waals surface area contributed by atoms with Crippen LogP contribution in [0.25, 0.3) is 0 Å². The van der Waals surface area contributed by atoms with Gasteiger partial charge in [0.1, 0.15) is 12.2 Å². The average molecular weight is 304 g/mol. The summed E-state index contributed by atoms with van der Waals surface area (Å²) in [5.74, 6) is -0.779. The van der Waals surface area contributed by atoms with Crippen molar-refractivity contribution in [1.82, 2.24) is 0 Å². The molecule has 116 valence electrons. The van der Waals surface area contributed by atoms with Crippen LogP contribution in [0.3, 0.4) is 0 Å². The summed E-state index contributed by atoms with van der Waals surface area (Å²) in [6, 6.07) is 0. The molecular formula is C16H16O6. The Bertz CT molecular complexity index is 558. The lowest BCUT2D eigenvalue weighted by atomic mass is 10.0. The summed E-state index contributed by atoms with van der Waals surface area (Å²) < 4.78 is 9.92. The van der Waals surface area contributed by atoms with Crippen LogP contribution in [0.5, 0.6) is 0 Å². The van der Waals surface area contributed by atoms with Gasteiger partial charge in [-0.25, -0.2) is 9.59 Å². The summed E-state index contributed by atoms with van der Waals surface area (Å²) in [5, 5.41) is 17.4. The van der Waals surface area contributed by atoms with Crippen LogP contribution in [0, 0.1) is 11.8 Å². The van der Waals surface area contributed by atoms with Gasteiger partial charge in [0.15, 0.2) is 0 Å². The van der Waals surface area contributed by atoms with Gasteiger partial charge in [0.25, 0.3) is 0 Å². The molecule has 2 heterocycles. The van der Waals surface area contributed by atoms with Crippen molar-refractivity contribution in [2.75, 3.05) is 0 Å². The van der Waals surface area contributed by atoms with Crippen molar-refractivity contribution in [3.05, 3.63) is 48.0 Å². The van der Waals surface area contributed by atoms with Gasteiger partial charge in [-0.1, -0.05) is 24.3 Å². The number of hydrogen-bond acceptors (Lipinski definition) is 6. The molecule has 22 heavy (non-hydrogen) atoms. The third-order valence-electron chi connectivity index (χ3n) is 4.21. The van der Waals surface area contributed by atoms with E-state index in [1.165, 1.54) is 0 Å². The number of carbonyl (C=O) groups is 2. The molecule has 2 aliphatic carbocycles. The predicted octanol–water partition coefficient (Wildman–Crippen LogP) is 1.86. The van der Waals surface area contributed by atoms with Crippen molar-refractivity contribution in [2.24, 2.45) is 11.8 Å². The lowest BCUT2D eigenvalue weighted by Crippen LogP contribution is -2.08. The number of rotatable bonds is 0. The number of aliphatic hydroxyl groups excluding tert-OH is 2. The fourth-order valence-corrected chi connectivity index (χ4v) is 3.07. The topological polar surface area (TPSA) is 93.1 Å². The van der Waals surface area contributed by atoms with Gasteiger partial charge in [-0.15, -0.1) is 0 Å². The fraction of sp³-hybridized carbons (Fsp3) is 0.375. The number of carbonyl (C=O) groups excluding carboxylic acids is 2. The van der Waals surface area contributed by atoms with Crippen molar-refractivity contribution in [3.63, 3.8) is 0 Å². The Morgan fingerprint density at radius 1 is 0.864 bits per heavy atom. The van der Waals surface area contributed by atoms with E-state index in [1.807, 2.05) is 24.3 Å². The van der Waals surface area contributed by atoms with Crippen LogP contribution in [0.1, 0.15) is 12.8 Å². The first-order valence-corrected chi connectivity index (χ1v) is 7.09. The molecule has 0 aromatic rings. The molecule has 4 rings (SSSR count). The first-order valence-electron chi connectivity index (χ1n) is 7.09. The Balaban J connectivity index is 0.000000131. The first-order chi connectivity index (χ1) is 10.7. The van der Waals surface area contributed by atoms with Crippen LogP contribution in [0.15, 0.2) is 48.0 Å². The summed E-state index contributed by atoms with van der Waals surface area (Å²) in [6.45, 7) is 0. The Hall–Kier alpha value is -2.50. The molecule has 0 aromatic heterocycles. The van der Waals surface area contributed by atoms with Crippen LogP contribution >= 0.6 is 0 Å². The largest absolute Gasteiger partial charge is 0.515 e. The van der Waals surface area contributed by atoms with E-state index in [9.17, 15) is 9.59 Å². The molecule has 2 saturated heterocycles. The lowest BCUT2D eigenvalue weighted by Gasteiger charge is -2.03.